The highest BCUT2D eigenvalue weighted by molar-refractivity contribution is 9.10. The van der Waals surface area contributed by atoms with Crippen molar-refractivity contribution in [1.82, 2.24) is 14.8 Å². The summed E-state index contributed by atoms with van der Waals surface area (Å²) in [5.41, 5.74) is 9.40. The van der Waals surface area contributed by atoms with Crippen molar-refractivity contribution in [2.24, 2.45) is 5.73 Å². The van der Waals surface area contributed by atoms with Gasteiger partial charge in [-0.2, -0.15) is 5.10 Å². The molecular formula is C14H19BrN4O. The minimum Gasteiger partial charge on any atom is -0.383 e. The second-order valence-corrected chi connectivity index (χ2v) is 5.33. The quantitative estimate of drug-likeness (QED) is 0.877. The predicted molar refractivity (Wildman–Crippen MR) is 81.4 cm³/mol. The summed E-state index contributed by atoms with van der Waals surface area (Å²) < 4.78 is 7.87. The first-order chi connectivity index (χ1) is 9.69. The highest BCUT2D eigenvalue weighted by Gasteiger charge is 2.21. The first-order valence-electron chi connectivity index (χ1n) is 6.58. The molecule has 0 aliphatic rings. The van der Waals surface area contributed by atoms with Crippen LogP contribution in [0.15, 0.2) is 29.0 Å². The molecule has 0 radical (unpaired) electrons. The Kier molecular flexibility index (Phi) is 5.28. The van der Waals surface area contributed by atoms with E-state index >= 15 is 0 Å². The third kappa shape index (κ3) is 3.08. The Hall–Kier alpha value is -1.24. The topological polar surface area (TPSA) is 66.0 Å². The van der Waals surface area contributed by atoms with Crippen LogP contribution in [-0.4, -0.2) is 28.5 Å². The van der Waals surface area contributed by atoms with Gasteiger partial charge in [-0.05, 0) is 34.0 Å². The Morgan fingerprint density at radius 3 is 3.00 bits per heavy atom. The van der Waals surface area contributed by atoms with Crippen molar-refractivity contribution >= 4 is 15.9 Å². The van der Waals surface area contributed by atoms with E-state index in [4.69, 9.17) is 10.5 Å². The average Bonchev–Trinajstić information content (AvgIpc) is 2.85. The number of halogens is 1. The third-order valence-corrected chi connectivity index (χ3v) is 3.85. The molecule has 0 aliphatic heterocycles. The lowest BCUT2D eigenvalue weighted by atomic mass is 10.0. The number of hydrogen-bond donors (Lipinski definition) is 1. The van der Waals surface area contributed by atoms with E-state index in [-0.39, 0.29) is 6.04 Å². The van der Waals surface area contributed by atoms with Crippen molar-refractivity contribution < 1.29 is 4.74 Å². The molecule has 0 fully saturated rings. The maximum atomic E-state index is 6.42. The zero-order chi connectivity index (χ0) is 14.5. The minimum atomic E-state index is -0.306. The first-order valence-corrected chi connectivity index (χ1v) is 7.37. The van der Waals surface area contributed by atoms with Gasteiger partial charge < -0.3 is 10.5 Å². The molecule has 20 heavy (non-hydrogen) atoms. The number of methoxy groups -OCH3 is 1. The van der Waals surface area contributed by atoms with Crippen LogP contribution in [0.2, 0.25) is 0 Å². The van der Waals surface area contributed by atoms with Crippen molar-refractivity contribution in [3.8, 4) is 0 Å². The maximum absolute atomic E-state index is 6.42. The lowest BCUT2D eigenvalue weighted by Gasteiger charge is -2.17. The molecule has 2 N–H and O–H groups in total. The van der Waals surface area contributed by atoms with Gasteiger partial charge in [0.1, 0.15) is 0 Å². The van der Waals surface area contributed by atoms with E-state index in [0.717, 1.165) is 27.8 Å². The van der Waals surface area contributed by atoms with Gasteiger partial charge in [0.2, 0.25) is 0 Å². The van der Waals surface area contributed by atoms with E-state index in [1.807, 2.05) is 10.7 Å². The Labute approximate surface area is 127 Å². The molecule has 0 aromatic carbocycles. The van der Waals surface area contributed by atoms with E-state index in [0.29, 0.717) is 13.2 Å². The van der Waals surface area contributed by atoms with Crippen molar-refractivity contribution in [2.45, 2.75) is 25.9 Å². The van der Waals surface area contributed by atoms with Gasteiger partial charge in [0.25, 0.3) is 0 Å². The Morgan fingerprint density at radius 2 is 2.30 bits per heavy atom. The van der Waals surface area contributed by atoms with Crippen LogP contribution in [0, 0.1) is 0 Å². The van der Waals surface area contributed by atoms with Gasteiger partial charge in [0, 0.05) is 13.3 Å². The number of hydrogen-bond acceptors (Lipinski definition) is 4. The lowest BCUT2D eigenvalue weighted by molar-refractivity contribution is 0.182. The molecule has 1 unspecified atom stereocenters. The molecule has 0 aliphatic carbocycles. The zero-order valence-electron chi connectivity index (χ0n) is 11.7. The van der Waals surface area contributed by atoms with E-state index in [9.17, 15) is 0 Å². The molecule has 108 valence electrons. The van der Waals surface area contributed by atoms with Crippen molar-refractivity contribution in [3.63, 3.8) is 0 Å². The van der Waals surface area contributed by atoms with E-state index < -0.39 is 0 Å². The molecule has 1 atom stereocenters. The second kappa shape index (κ2) is 6.97. The van der Waals surface area contributed by atoms with Gasteiger partial charge in [0.15, 0.2) is 0 Å². The van der Waals surface area contributed by atoms with Crippen LogP contribution in [0.1, 0.15) is 29.9 Å². The van der Waals surface area contributed by atoms with Gasteiger partial charge in [-0.15, -0.1) is 0 Å². The predicted octanol–water partition coefficient (Wildman–Crippen LogP) is 2.30. The van der Waals surface area contributed by atoms with Crippen LogP contribution in [0.25, 0.3) is 0 Å². The molecule has 2 aromatic rings. The van der Waals surface area contributed by atoms with Gasteiger partial charge in [-0.25, -0.2) is 0 Å². The van der Waals surface area contributed by atoms with E-state index in [1.54, 1.807) is 19.5 Å². The van der Waals surface area contributed by atoms with Gasteiger partial charge in [0.05, 0.1) is 41.3 Å². The number of nitrogens with zero attached hydrogens (tertiary/aromatic N) is 3. The molecule has 2 aromatic heterocycles. The minimum absolute atomic E-state index is 0.306. The molecule has 6 heteroatoms. The zero-order valence-corrected chi connectivity index (χ0v) is 13.3. The SMILES string of the molecule is CCc1cccnc1C(N)c1c(Br)cnn1CCOC. The highest BCUT2D eigenvalue weighted by atomic mass is 79.9. The van der Waals surface area contributed by atoms with Crippen LogP contribution in [0.5, 0.6) is 0 Å². The lowest BCUT2D eigenvalue weighted by Crippen LogP contribution is -2.21. The van der Waals surface area contributed by atoms with Crippen molar-refractivity contribution in [1.29, 1.82) is 0 Å². The summed E-state index contributed by atoms with van der Waals surface area (Å²) in [6, 6.07) is 3.69. The van der Waals surface area contributed by atoms with Crippen molar-refractivity contribution in [2.75, 3.05) is 13.7 Å². The van der Waals surface area contributed by atoms with Gasteiger partial charge >= 0.3 is 0 Å². The van der Waals surface area contributed by atoms with Gasteiger partial charge in [-0.1, -0.05) is 13.0 Å². The first kappa shape index (κ1) is 15.2. The molecule has 5 nitrogen and oxygen atoms in total. The van der Waals surface area contributed by atoms with Crippen LogP contribution < -0.4 is 5.73 Å². The number of nitrogens with two attached hydrogens (primary N) is 1. The number of ether oxygens (including phenoxy) is 1. The van der Waals surface area contributed by atoms with Crippen LogP contribution in [-0.2, 0) is 17.7 Å². The largest absolute Gasteiger partial charge is 0.383 e. The molecular weight excluding hydrogens is 320 g/mol. The summed E-state index contributed by atoms with van der Waals surface area (Å²) in [5, 5.41) is 4.34. The summed E-state index contributed by atoms with van der Waals surface area (Å²) in [4.78, 5) is 4.45. The summed E-state index contributed by atoms with van der Waals surface area (Å²) in [6.45, 7) is 3.36. The average molecular weight is 339 g/mol. The fourth-order valence-electron chi connectivity index (χ4n) is 2.20. The standard InChI is InChI=1S/C14H19BrN4O/c1-3-10-5-4-6-17-13(10)12(16)14-11(15)9-18-19(14)7-8-20-2/h4-6,9,12H,3,7-8,16H2,1-2H3. The second-order valence-electron chi connectivity index (χ2n) is 4.47. The number of rotatable bonds is 6. The van der Waals surface area contributed by atoms with E-state index in [2.05, 4.69) is 39.0 Å². The van der Waals surface area contributed by atoms with Crippen LogP contribution >= 0.6 is 15.9 Å². The van der Waals surface area contributed by atoms with Crippen molar-refractivity contribution in [3.05, 3.63) is 46.0 Å². The van der Waals surface area contributed by atoms with Gasteiger partial charge in [-0.3, -0.25) is 9.67 Å². The number of aromatic nitrogens is 3. The highest BCUT2D eigenvalue weighted by Crippen LogP contribution is 2.27. The normalized spacial score (nSPS) is 12.6. The summed E-state index contributed by atoms with van der Waals surface area (Å²) >= 11 is 3.52. The van der Waals surface area contributed by atoms with E-state index in [1.165, 1.54) is 0 Å². The molecule has 2 rings (SSSR count). The summed E-state index contributed by atoms with van der Waals surface area (Å²) in [6.07, 6.45) is 4.44. The smallest absolute Gasteiger partial charge is 0.0911 e. The van der Waals surface area contributed by atoms with Crippen LogP contribution in [0.3, 0.4) is 0 Å². The Bertz CT molecular complexity index is 570. The maximum Gasteiger partial charge on any atom is 0.0911 e. The molecule has 0 bridgehead atoms. The Morgan fingerprint density at radius 1 is 1.50 bits per heavy atom. The number of aryl methyl sites for hydroxylation is 1. The summed E-state index contributed by atoms with van der Waals surface area (Å²) in [5.74, 6) is 0. The molecule has 0 spiro atoms. The molecule has 0 amide bonds. The number of pyridine rings is 1. The molecule has 0 saturated heterocycles. The fraction of sp³-hybridized carbons (Fsp3) is 0.429. The summed E-state index contributed by atoms with van der Waals surface area (Å²) in [7, 11) is 1.67. The Balaban J connectivity index is 2.37. The fourth-order valence-corrected chi connectivity index (χ4v) is 2.74. The molecule has 2 heterocycles. The monoisotopic (exact) mass is 338 g/mol. The molecule has 0 saturated carbocycles. The third-order valence-electron chi connectivity index (χ3n) is 3.24. The van der Waals surface area contributed by atoms with Crippen LogP contribution in [0.4, 0.5) is 0 Å².